The van der Waals surface area contributed by atoms with Crippen LogP contribution in [-0.4, -0.2) is 31.0 Å². The van der Waals surface area contributed by atoms with E-state index in [1.54, 1.807) is 0 Å². The van der Waals surface area contributed by atoms with E-state index in [1.807, 2.05) is 6.07 Å². The van der Waals surface area contributed by atoms with Crippen molar-refractivity contribution < 1.29 is 0 Å². The van der Waals surface area contributed by atoms with Gasteiger partial charge in [0.2, 0.25) is 0 Å². The van der Waals surface area contributed by atoms with Crippen molar-refractivity contribution in [3.05, 3.63) is 35.9 Å². The Balaban J connectivity index is 0.00000144. The second kappa shape index (κ2) is 7.53. The molecule has 0 spiro atoms. The summed E-state index contributed by atoms with van der Waals surface area (Å²) in [6.45, 7) is 2.89. The second-order valence-corrected chi connectivity index (χ2v) is 4.17. The van der Waals surface area contributed by atoms with Gasteiger partial charge in [0.05, 0.1) is 0 Å². The van der Waals surface area contributed by atoms with Gasteiger partial charge in [-0.1, -0.05) is 30.3 Å². The van der Waals surface area contributed by atoms with Gasteiger partial charge < -0.3 is 10.2 Å². The highest BCUT2D eigenvalue weighted by Crippen LogP contribution is 2.02. The van der Waals surface area contributed by atoms with Crippen LogP contribution < -0.4 is 5.32 Å². The topological polar surface area (TPSA) is 27.6 Å². The molecule has 1 aromatic rings. The molecular weight excluding hydrogens is 325 g/mol. The highest BCUT2D eigenvalue weighted by Gasteiger charge is 2.08. The minimum atomic E-state index is 0. The number of halogens is 1. The SMILES string of the molecule is CN1CCCCN=C1NCc1ccccc1.I. The molecule has 0 aromatic heterocycles. The molecule has 94 valence electrons. The Morgan fingerprint density at radius 2 is 2.00 bits per heavy atom. The summed E-state index contributed by atoms with van der Waals surface area (Å²) < 4.78 is 0. The molecule has 0 amide bonds. The van der Waals surface area contributed by atoms with Gasteiger partial charge in [0.1, 0.15) is 0 Å². The Labute approximate surface area is 120 Å². The van der Waals surface area contributed by atoms with E-state index < -0.39 is 0 Å². The van der Waals surface area contributed by atoms with Crippen LogP contribution >= 0.6 is 24.0 Å². The van der Waals surface area contributed by atoms with Crippen molar-refractivity contribution >= 4 is 29.9 Å². The van der Waals surface area contributed by atoms with Crippen LogP contribution in [0.1, 0.15) is 18.4 Å². The van der Waals surface area contributed by atoms with Crippen LogP contribution in [0.15, 0.2) is 35.3 Å². The first-order chi connectivity index (χ1) is 7.86. The number of benzene rings is 1. The highest BCUT2D eigenvalue weighted by molar-refractivity contribution is 14.0. The van der Waals surface area contributed by atoms with Gasteiger partial charge in [0.25, 0.3) is 0 Å². The number of rotatable bonds is 2. The molecule has 1 heterocycles. The summed E-state index contributed by atoms with van der Waals surface area (Å²) in [4.78, 5) is 6.76. The summed E-state index contributed by atoms with van der Waals surface area (Å²) in [6.07, 6.45) is 2.43. The lowest BCUT2D eigenvalue weighted by atomic mass is 10.2. The third kappa shape index (κ3) is 4.53. The van der Waals surface area contributed by atoms with E-state index in [-0.39, 0.29) is 24.0 Å². The molecule has 17 heavy (non-hydrogen) atoms. The zero-order valence-electron chi connectivity index (χ0n) is 10.2. The quantitative estimate of drug-likeness (QED) is 0.834. The molecule has 0 aliphatic carbocycles. The predicted molar refractivity (Wildman–Crippen MR) is 82.9 cm³/mol. The fourth-order valence-electron chi connectivity index (χ4n) is 1.84. The molecule has 1 aromatic carbocycles. The molecule has 0 saturated heterocycles. The largest absolute Gasteiger partial charge is 0.352 e. The van der Waals surface area contributed by atoms with Crippen LogP contribution in [0.3, 0.4) is 0 Å². The second-order valence-electron chi connectivity index (χ2n) is 4.17. The van der Waals surface area contributed by atoms with Gasteiger partial charge in [-0.3, -0.25) is 4.99 Å². The fraction of sp³-hybridized carbons (Fsp3) is 0.462. The summed E-state index contributed by atoms with van der Waals surface area (Å²) in [7, 11) is 2.10. The first kappa shape index (κ1) is 14.3. The average Bonchev–Trinajstić information content (AvgIpc) is 2.53. The van der Waals surface area contributed by atoms with Crippen molar-refractivity contribution in [3.8, 4) is 0 Å². The van der Waals surface area contributed by atoms with Gasteiger partial charge in [-0.15, -0.1) is 24.0 Å². The molecule has 0 saturated carbocycles. The van der Waals surface area contributed by atoms with E-state index >= 15 is 0 Å². The summed E-state index contributed by atoms with van der Waals surface area (Å²) >= 11 is 0. The Hall–Kier alpha value is -0.780. The molecule has 1 aliphatic rings. The average molecular weight is 345 g/mol. The number of hydrogen-bond donors (Lipinski definition) is 1. The van der Waals surface area contributed by atoms with E-state index in [0.29, 0.717) is 0 Å². The van der Waals surface area contributed by atoms with E-state index in [4.69, 9.17) is 0 Å². The Bertz CT molecular complexity index is 351. The number of hydrogen-bond acceptors (Lipinski definition) is 3. The molecular formula is C13H20IN3. The summed E-state index contributed by atoms with van der Waals surface area (Å²) in [5.74, 6) is 1.03. The van der Waals surface area contributed by atoms with E-state index in [1.165, 1.54) is 18.4 Å². The molecule has 4 heteroatoms. The van der Waals surface area contributed by atoms with Gasteiger partial charge in [-0.25, -0.2) is 0 Å². The van der Waals surface area contributed by atoms with Crippen LogP contribution in [0.5, 0.6) is 0 Å². The van der Waals surface area contributed by atoms with Gasteiger partial charge in [-0.05, 0) is 18.4 Å². The number of nitrogens with one attached hydrogen (secondary N) is 1. The smallest absolute Gasteiger partial charge is 0.193 e. The summed E-state index contributed by atoms with van der Waals surface area (Å²) in [5.41, 5.74) is 1.29. The lowest BCUT2D eigenvalue weighted by Gasteiger charge is -2.20. The predicted octanol–water partition coefficient (Wildman–Crippen LogP) is 2.48. The molecule has 0 bridgehead atoms. The van der Waals surface area contributed by atoms with Crippen molar-refractivity contribution in [1.82, 2.24) is 10.2 Å². The molecule has 0 atom stereocenters. The first-order valence-electron chi connectivity index (χ1n) is 5.89. The standard InChI is InChI=1S/C13H19N3.HI/c1-16-10-6-5-9-14-13(16)15-11-12-7-3-2-4-8-12;/h2-4,7-8H,5-6,9-11H2,1H3,(H,14,15);1H. The molecule has 2 rings (SSSR count). The third-order valence-corrected chi connectivity index (χ3v) is 2.82. The molecule has 0 radical (unpaired) electrons. The van der Waals surface area contributed by atoms with Crippen molar-refractivity contribution in [2.45, 2.75) is 19.4 Å². The number of guanidine groups is 1. The van der Waals surface area contributed by atoms with Crippen LogP contribution in [0.4, 0.5) is 0 Å². The number of nitrogens with zero attached hydrogens (tertiary/aromatic N) is 2. The molecule has 1 aliphatic heterocycles. The third-order valence-electron chi connectivity index (χ3n) is 2.82. The van der Waals surface area contributed by atoms with Gasteiger partial charge >= 0.3 is 0 Å². The van der Waals surface area contributed by atoms with E-state index in [0.717, 1.165) is 25.6 Å². The van der Waals surface area contributed by atoms with Gasteiger partial charge in [0.15, 0.2) is 5.96 Å². The Morgan fingerprint density at radius 3 is 2.76 bits per heavy atom. The monoisotopic (exact) mass is 345 g/mol. The van der Waals surface area contributed by atoms with Crippen LogP contribution in [0.2, 0.25) is 0 Å². The maximum atomic E-state index is 4.55. The summed E-state index contributed by atoms with van der Waals surface area (Å²) in [6, 6.07) is 10.4. The van der Waals surface area contributed by atoms with Crippen LogP contribution in [0, 0.1) is 0 Å². The Kier molecular flexibility index (Phi) is 6.32. The van der Waals surface area contributed by atoms with Crippen molar-refractivity contribution in [2.24, 2.45) is 4.99 Å². The highest BCUT2D eigenvalue weighted by atomic mass is 127. The molecule has 0 unspecified atom stereocenters. The minimum absolute atomic E-state index is 0. The number of aliphatic imine (C=N–C) groups is 1. The van der Waals surface area contributed by atoms with Crippen molar-refractivity contribution in [2.75, 3.05) is 20.1 Å². The lowest BCUT2D eigenvalue weighted by molar-refractivity contribution is 0.478. The lowest BCUT2D eigenvalue weighted by Crippen LogP contribution is -2.38. The molecule has 1 N–H and O–H groups in total. The van der Waals surface area contributed by atoms with Crippen LogP contribution in [-0.2, 0) is 6.54 Å². The molecule has 3 nitrogen and oxygen atoms in total. The normalized spacial score (nSPS) is 15.6. The maximum absolute atomic E-state index is 4.55. The van der Waals surface area contributed by atoms with Crippen LogP contribution in [0.25, 0.3) is 0 Å². The van der Waals surface area contributed by atoms with E-state index in [9.17, 15) is 0 Å². The maximum Gasteiger partial charge on any atom is 0.193 e. The minimum Gasteiger partial charge on any atom is -0.352 e. The van der Waals surface area contributed by atoms with Gasteiger partial charge in [0, 0.05) is 26.7 Å². The first-order valence-corrected chi connectivity index (χ1v) is 5.89. The zero-order chi connectivity index (χ0) is 11.2. The fourth-order valence-corrected chi connectivity index (χ4v) is 1.84. The molecule has 0 fully saturated rings. The Morgan fingerprint density at radius 1 is 1.24 bits per heavy atom. The van der Waals surface area contributed by atoms with Crippen molar-refractivity contribution in [3.63, 3.8) is 0 Å². The van der Waals surface area contributed by atoms with E-state index in [2.05, 4.69) is 46.5 Å². The van der Waals surface area contributed by atoms with Crippen molar-refractivity contribution in [1.29, 1.82) is 0 Å². The zero-order valence-corrected chi connectivity index (χ0v) is 12.6. The summed E-state index contributed by atoms with van der Waals surface area (Å²) in [5, 5.41) is 3.40. The van der Waals surface area contributed by atoms with Gasteiger partial charge in [-0.2, -0.15) is 0 Å².